The molecule has 3 N–H and O–H groups in total. The molecule has 400 valence electrons. The van der Waals surface area contributed by atoms with Gasteiger partial charge in [-0.15, -0.1) is 0 Å². The number of sulfonamides is 1. The second-order valence-electron chi connectivity index (χ2n) is 20.8. The van der Waals surface area contributed by atoms with Gasteiger partial charge in [-0.2, -0.15) is 0 Å². The lowest BCUT2D eigenvalue weighted by Crippen LogP contribution is -2.55. The number of ether oxygens (including phenoxy) is 3. The zero-order chi connectivity index (χ0) is 53.1. The van der Waals surface area contributed by atoms with Gasteiger partial charge in [-0.05, 0) is 81.6 Å². The standard InChI is InChI=1S/C51H82N6O13S/c1-13-32(6)46(55(10)50(63)38(30(2)3)26-41(58)45(31(4)5)54(8)9)42(68-11)27-43(59)57-23-14-15-40(57)47(69-12)33(7)48(61)52-39(49(62)53-71(66,67)37-20-21-37)25-34-16-18-36(19-17-34)70-29-44(60)56-24-22-35(28-56)51(64)65/h16-19,30-33,35,37-40,42,45-47H,13-15,20-29H2,1-12H3,(H,52,61)(H,53,62)(H,64,65)/t32-,33+,35+,38-,39-,40-,42+,45-,46-,47+/m0/s1. The first-order chi connectivity index (χ1) is 33.4. The van der Waals surface area contributed by atoms with Crippen molar-refractivity contribution >= 4 is 51.3 Å². The van der Waals surface area contributed by atoms with Gasteiger partial charge in [0.15, 0.2) is 12.4 Å². The van der Waals surface area contributed by atoms with Gasteiger partial charge in [0.2, 0.25) is 27.7 Å². The quantitative estimate of drug-likeness (QED) is 0.109. The summed E-state index contributed by atoms with van der Waals surface area (Å²) in [4.78, 5) is 101. The third-order valence-corrected chi connectivity index (χ3v) is 16.6. The molecule has 0 radical (unpaired) electrons. The van der Waals surface area contributed by atoms with Gasteiger partial charge in [-0.25, -0.2) is 8.42 Å². The number of hydrogen-bond donors (Lipinski definition) is 3. The molecule has 71 heavy (non-hydrogen) atoms. The fourth-order valence-corrected chi connectivity index (χ4v) is 11.7. The molecule has 19 nitrogen and oxygen atoms in total. The molecule has 1 saturated carbocycles. The molecule has 2 aliphatic heterocycles. The lowest BCUT2D eigenvalue weighted by Gasteiger charge is -2.41. The van der Waals surface area contributed by atoms with Crippen molar-refractivity contribution in [1.29, 1.82) is 0 Å². The zero-order valence-corrected chi connectivity index (χ0v) is 44.9. The Bertz CT molecular complexity index is 2110. The van der Waals surface area contributed by atoms with E-state index < -0.39 is 81.1 Å². The monoisotopic (exact) mass is 1020 g/mol. The van der Waals surface area contributed by atoms with Crippen molar-refractivity contribution in [3.8, 4) is 5.75 Å². The van der Waals surface area contributed by atoms with Crippen molar-refractivity contribution in [3.05, 3.63) is 29.8 Å². The molecule has 0 unspecified atom stereocenters. The molecule has 1 aromatic rings. The van der Waals surface area contributed by atoms with Crippen LogP contribution in [0.25, 0.3) is 0 Å². The molecule has 0 spiro atoms. The summed E-state index contributed by atoms with van der Waals surface area (Å²) in [7, 11) is 4.45. The zero-order valence-electron chi connectivity index (χ0n) is 44.1. The van der Waals surface area contributed by atoms with Gasteiger partial charge in [0, 0.05) is 59.7 Å². The third kappa shape index (κ3) is 15.7. The Morgan fingerprint density at radius 3 is 2.00 bits per heavy atom. The second kappa shape index (κ2) is 26.3. The van der Waals surface area contributed by atoms with Crippen molar-refractivity contribution in [1.82, 2.24) is 29.6 Å². The van der Waals surface area contributed by atoms with Crippen LogP contribution in [0.4, 0.5) is 0 Å². The molecule has 3 aliphatic rings. The van der Waals surface area contributed by atoms with E-state index in [1.807, 2.05) is 60.5 Å². The fraction of sp³-hybridized carbons (Fsp3) is 0.745. The SMILES string of the molecule is CC[C@H](C)[C@@H]([C@@H](CC(=O)N1CCC[C@H]1[C@H](OC)[C@@H](C)C(=O)N[C@@H](Cc1ccc(OCC(=O)N2CC[C@@H](C(=O)O)C2)cc1)C(=O)NS(=O)(=O)C1CC1)OC)N(C)C(=O)[C@@H](CC(=O)[C@H](C(C)C)N(C)C)C(C)C. The number of likely N-dealkylation sites (N-methyl/N-ethyl adjacent to an activating group) is 2. The van der Waals surface area contributed by atoms with Gasteiger partial charge in [0.05, 0.1) is 53.8 Å². The van der Waals surface area contributed by atoms with Crippen LogP contribution in [0.15, 0.2) is 24.3 Å². The molecule has 10 atom stereocenters. The number of benzene rings is 1. The Hall–Kier alpha value is -4.66. The van der Waals surface area contributed by atoms with E-state index in [1.54, 1.807) is 48.0 Å². The number of amides is 5. The number of hydrogen-bond acceptors (Lipinski definition) is 13. The molecule has 1 aliphatic carbocycles. The number of ketones is 1. The first kappa shape index (κ1) is 58.9. The van der Waals surface area contributed by atoms with E-state index >= 15 is 0 Å². The predicted octanol–water partition coefficient (Wildman–Crippen LogP) is 3.37. The minimum Gasteiger partial charge on any atom is -0.484 e. The van der Waals surface area contributed by atoms with E-state index in [1.165, 1.54) is 19.1 Å². The van der Waals surface area contributed by atoms with Gasteiger partial charge >= 0.3 is 5.97 Å². The van der Waals surface area contributed by atoms with Gasteiger partial charge in [0.25, 0.3) is 11.8 Å². The Morgan fingerprint density at radius 2 is 1.48 bits per heavy atom. The smallest absolute Gasteiger partial charge is 0.308 e. The van der Waals surface area contributed by atoms with E-state index in [0.29, 0.717) is 62.9 Å². The van der Waals surface area contributed by atoms with E-state index in [2.05, 4.69) is 10.0 Å². The summed E-state index contributed by atoms with van der Waals surface area (Å²) >= 11 is 0. The first-order valence-corrected chi connectivity index (χ1v) is 26.8. The molecular weight excluding hydrogens is 937 g/mol. The average Bonchev–Trinajstić information content (AvgIpc) is 3.87. The molecular formula is C51H82N6O13S. The molecule has 1 aromatic carbocycles. The summed E-state index contributed by atoms with van der Waals surface area (Å²) in [6.07, 6.45) is 1.42. The van der Waals surface area contributed by atoms with E-state index in [0.717, 1.165) is 0 Å². The second-order valence-corrected chi connectivity index (χ2v) is 22.8. The van der Waals surface area contributed by atoms with Crippen LogP contribution < -0.4 is 14.8 Å². The molecule has 2 heterocycles. The van der Waals surface area contributed by atoms with Crippen LogP contribution in [0.3, 0.4) is 0 Å². The number of carbonyl (C=O) groups is 7. The molecule has 20 heteroatoms. The van der Waals surface area contributed by atoms with E-state index in [-0.39, 0.29) is 79.7 Å². The molecule has 0 bridgehead atoms. The van der Waals surface area contributed by atoms with Crippen LogP contribution in [-0.2, 0) is 59.5 Å². The number of likely N-dealkylation sites (tertiary alicyclic amines) is 2. The van der Waals surface area contributed by atoms with Crippen LogP contribution in [0.5, 0.6) is 5.75 Å². The number of nitrogens with zero attached hydrogens (tertiary/aromatic N) is 4. The van der Waals surface area contributed by atoms with Crippen LogP contribution in [0.2, 0.25) is 0 Å². The summed E-state index contributed by atoms with van der Waals surface area (Å²) in [5.74, 6) is -5.17. The Morgan fingerprint density at radius 1 is 0.831 bits per heavy atom. The maximum atomic E-state index is 14.5. The number of aliphatic carboxylic acids is 1. The first-order valence-electron chi connectivity index (χ1n) is 25.3. The molecule has 0 aromatic heterocycles. The van der Waals surface area contributed by atoms with Crippen molar-refractivity contribution < 1.29 is 61.3 Å². The normalized spacial score (nSPS) is 20.7. The fourth-order valence-electron chi connectivity index (χ4n) is 10.3. The number of methoxy groups -OCH3 is 2. The van der Waals surface area contributed by atoms with Crippen LogP contribution >= 0.6 is 0 Å². The van der Waals surface area contributed by atoms with Gasteiger partial charge < -0.3 is 39.3 Å². The number of Topliss-reactive ketones (excluding diaryl/α,β-unsaturated/α-hetero) is 1. The highest BCUT2D eigenvalue weighted by Crippen LogP contribution is 2.32. The molecule has 4 rings (SSSR count). The highest BCUT2D eigenvalue weighted by molar-refractivity contribution is 7.90. The summed E-state index contributed by atoms with van der Waals surface area (Å²) in [6, 6.07) is 3.70. The number of carboxylic acid groups (broad SMARTS) is 1. The van der Waals surface area contributed by atoms with E-state index in [9.17, 15) is 47.1 Å². The minimum atomic E-state index is -3.98. The number of carboxylic acids is 1. The Balaban J connectivity index is 1.48. The summed E-state index contributed by atoms with van der Waals surface area (Å²) < 4.78 is 45.7. The lowest BCUT2D eigenvalue weighted by atomic mass is 9.83. The van der Waals surface area contributed by atoms with Crippen LogP contribution in [0.1, 0.15) is 105 Å². The molecule has 2 saturated heterocycles. The summed E-state index contributed by atoms with van der Waals surface area (Å²) in [5.41, 5.74) is 0.549. The molecule has 3 fully saturated rings. The van der Waals surface area contributed by atoms with Gasteiger partial charge in [-0.3, -0.25) is 43.2 Å². The topological polar surface area (TPSA) is 239 Å². The number of carbonyl (C=O) groups excluding carboxylic acids is 6. The van der Waals surface area contributed by atoms with Gasteiger partial charge in [0.1, 0.15) is 11.8 Å². The van der Waals surface area contributed by atoms with Crippen LogP contribution in [-0.4, -0.2) is 178 Å². The predicted molar refractivity (Wildman–Crippen MR) is 266 cm³/mol. The molecule has 5 amide bonds. The maximum Gasteiger partial charge on any atom is 0.308 e. The lowest BCUT2D eigenvalue weighted by molar-refractivity contribution is -0.149. The maximum absolute atomic E-state index is 14.5. The summed E-state index contributed by atoms with van der Waals surface area (Å²) in [6.45, 7) is 14.0. The Kier molecular flexibility index (Phi) is 21.9. The highest BCUT2D eigenvalue weighted by atomic mass is 32.2. The average molecular weight is 1020 g/mol. The van der Waals surface area contributed by atoms with Crippen molar-refractivity contribution in [2.75, 3.05) is 61.6 Å². The van der Waals surface area contributed by atoms with Crippen molar-refractivity contribution in [2.45, 2.75) is 148 Å². The highest BCUT2D eigenvalue weighted by Gasteiger charge is 2.44. The minimum absolute atomic E-state index is 0.00215. The number of rotatable bonds is 28. The van der Waals surface area contributed by atoms with E-state index in [4.69, 9.17) is 14.2 Å². The van der Waals surface area contributed by atoms with Crippen molar-refractivity contribution in [2.24, 2.45) is 35.5 Å². The largest absolute Gasteiger partial charge is 0.484 e. The van der Waals surface area contributed by atoms with Gasteiger partial charge in [-0.1, -0.05) is 67.0 Å². The number of nitrogens with one attached hydrogen (secondary N) is 2. The van der Waals surface area contributed by atoms with Crippen molar-refractivity contribution in [3.63, 3.8) is 0 Å². The Labute approximate surface area is 421 Å². The summed E-state index contributed by atoms with van der Waals surface area (Å²) in [5, 5.41) is 11.3. The third-order valence-electron chi connectivity index (χ3n) is 14.8. The van der Waals surface area contributed by atoms with Crippen LogP contribution in [0, 0.1) is 35.5 Å².